The maximum Gasteiger partial charge on any atom is 0.303 e. The molecular formula is C11H11ClN2O4. The number of nitrogens with one attached hydrogen (secondary N) is 1. The van der Waals surface area contributed by atoms with Crippen LogP contribution < -0.4 is 11.1 Å². The van der Waals surface area contributed by atoms with Gasteiger partial charge in [-0.1, -0.05) is 11.6 Å². The molecule has 0 spiro atoms. The molecule has 0 unspecified atom stereocenters. The van der Waals surface area contributed by atoms with Crippen LogP contribution in [0.15, 0.2) is 18.2 Å². The number of carboxylic acids is 1. The van der Waals surface area contributed by atoms with Crippen molar-refractivity contribution in [2.75, 3.05) is 5.32 Å². The number of nitrogens with two attached hydrogens (primary N) is 1. The van der Waals surface area contributed by atoms with E-state index >= 15 is 0 Å². The number of primary amides is 1. The Bertz CT molecular complexity index is 502. The molecule has 0 aromatic heterocycles. The number of anilines is 1. The molecule has 96 valence electrons. The van der Waals surface area contributed by atoms with Crippen molar-refractivity contribution in [2.24, 2.45) is 5.73 Å². The number of carbonyl (C=O) groups excluding carboxylic acids is 2. The summed E-state index contributed by atoms with van der Waals surface area (Å²) in [6, 6.07) is 4.26. The highest BCUT2D eigenvalue weighted by Gasteiger charge is 2.10. The molecule has 0 bridgehead atoms. The van der Waals surface area contributed by atoms with Crippen LogP contribution in [-0.2, 0) is 9.59 Å². The summed E-state index contributed by atoms with van der Waals surface area (Å²) in [5.41, 5.74) is 5.53. The Morgan fingerprint density at radius 3 is 2.50 bits per heavy atom. The fourth-order valence-electron chi connectivity index (χ4n) is 1.24. The molecule has 0 saturated heterocycles. The van der Waals surface area contributed by atoms with Gasteiger partial charge in [0.25, 0.3) is 0 Å². The molecule has 0 radical (unpaired) electrons. The van der Waals surface area contributed by atoms with E-state index in [-0.39, 0.29) is 23.4 Å². The largest absolute Gasteiger partial charge is 0.481 e. The Hall–Kier alpha value is -2.08. The molecule has 1 rings (SSSR count). The zero-order chi connectivity index (χ0) is 13.7. The third-order valence-corrected chi connectivity index (χ3v) is 2.41. The summed E-state index contributed by atoms with van der Waals surface area (Å²) in [6.45, 7) is 0. The van der Waals surface area contributed by atoms with Crippen molar-refractivity contribution in [1.82, 2.24) is 0 Å². The highest BCUT2D eigenvalue weighted by Crippen LogP contribution is 2.20. The molecular weight excluding hydrogens is 260 g/mol. The lowest BCUT2D eigenvalue weighted by molar-refractivity contribution is -0.138. The normalized spacial score (nSPS) is 9.83. The second-order valence-corrected chi connectivity index (χ2v) is 3.91. The van der Waals surface area contributed by atoms with Gasteiger partial charge < -0.3 is 16.2 Å². The number of benzene rings is 1. The lowest BCUT2D eigenvalue weighted by atomic mass is 10.2. The number of halogens is 1. The topological polar surface area (TPSA) is 109 Å². The fraction of sp³-hybridized carbons (Fsp3) is 0.182. The van der Waals surface area contributed by atoms with E-state index in [4.69, 9.17) is 22.4 Å². The molecule has 0 fully saturated rings. The summed E-state index contributed by atoms with van der Waals surface area (Å²) in [5.74, 6) is -2.23. The summed E-state index contributed by atoms with van der Waals surface area (Å²) < 4.78 is 0. The minimum Gasteiger partial charge on any atom is -0.481 e. The summed E-state index contributed by atoms with van der Waals surface area (Å²) >= 11 is 5.74. The summed E-state index contributed by atoms with van der Waals surface area (Å²) in [7, 11) is 0. The number of carbonyl (C=O) groups is 3. The van der Waals surface area contributed by atoms with Crippen LogP contribution in [0.25, 0.3) is 0 Å². The van der Waals surface area contributed by atoms with Crippen LogP contribution in [0, 0.1) is 0 Å². The van der Waals surface area contributed by atoms with Gasteiger partial charge in [0.05, 0.1) is 17.0 Å². The summed E-state index contributed by atoms with van der Waals surface area (Å²) in [4.78, 5) is 32.7. The maximum absolute atomic E-state index is 11.4. The molecule has 4 N–H and O–H groups in total. The van der Waals surface area contributed by atoms with E-state index in [2.05, 4.69) is 5.32 Å². The van der Waals surface area contributed by atoms with Gasteiger partial charge in [-0.05, 0) is 18.2 Å². The van der Waals surface area contributed by atoms with E-state index in [1.165, 1.54) is 18.2 Å². The Balaban J connectivity index is 2.73. The molecule has 18 heavy (non-hydrogen) atoms. The Kier molecular flexibility index (Phi) is 4.67. The number of hydrogen-bond donors (Lipinski definition) is 3. The molecule has 0 heterocycles. The third-order valence-electron chi connectivity index (χ3n) is 2.08. The Morgan fingerprint density at radius 1 is 1.28 bits per heavy atom. The van der Waals surface area contributed by atoms with Crippen LogP contribution in [-0.4, -0.2) is 22.9 Å². The van der Waals surface area contributed by atoms with Crippen molar-refractivity contribution in [3.05, 3.63) is 28.8 Å². The molecule has 0 aliphatic heterocycles. The fourth-order valence-corrected chi connectivity index (χ4v) is 1.45. The zero-order valence-electron chi connectivity index (χ0n) is 9.27. The average Bonchev–Trinajstić information content (AvgIpc) is 2.28. The van der Waals surface area contributed by atoms with Crippen molar-refractivity contribution in [3.63, 3.8) is 0 Å². The first-order valence-electron chi connectivity index (χ1n) is 5.01. The van der Waals surface area contributed by atoms with Gasteiger partial charge in [-0.2, -0.15) is 0 Å². The van der Waals surface area contributed by atoms with Gasteiger partial charge in [-0.15, -0.1) is 0 Å². The van der Waals surface area contributed by atoms with Crippen LogP contribution >= 0.6 is 11.6 Å². The second kappa shape index (κ2) is 6.02. The van der Waals surface area contributed by atoms with Crippen molar-refractivity contribution >= 4 is 35.1 Å². The van der Waals surface area contributed by atoms with Crippen molar-refractivity contribution in [3.8, 4) is 0 Å². The lowest BCUT2D eigenvalue weighted by Gasteiger charge is -2.06. The van der Waals surface area contributed by atoms with Gasteiger partial charge in [-0.3, -0.25) is 14.4 Å². The minimum atomic E-state index is -1.06. The van der Waals surface area contributed by atoms with Crippen LogP contribution in [0.5, 0.6) is 0 Å². The van der Waals surface area contributed by atoms with Gasteiger partial charge in [0.15, 0.2) is 0 Å². The third kappa shape index (κ3) is 4.06. The molecule has 1 aromatic rings. The van der Waals surface area contributed by atoms with Crippen molar-refractivity contribution in [2.45, 2.75) is 12.8 Å². The molecule has 0 atom stereocenters. The number of amides is 2. The van der Waals surface area contributed by atoms with E-state index < -0.39 is 17.8 Å². The number of rotatable bonds is 5. The van der Waals surface area contributed by atoms with E-state index in [0.29, 0.717) is 5.69 Å². The second-order valence-electron chi connectivity index (χ2n) is 3.50. The molecule has 2 amide bonds. The predicted molar refractivity (Wildman–Crippen MR) is 65.5 cm³/mol. The first-order valence-corrected chi connectivity index (χ1v) is 5.39. The number of aliphatic carboxylic acids is 1. The molecule has 1 aromatic carbocycles. The van der Waals surface area contributed by atoms with Crippen molar-refractivity contribution < 1.29 is 19.5 Å². The summed E-state index contributed by atoms with van der Waals surface area (Å²) in [6.07, 6.45) is -0.411. The van der Waals surface area contributed by atoms with E-state index in [0.717, 1.165) is 0 Å². The van der Waals surface area contributed by atoms with Crippen LogP contribution in [0.2, 0.25) is 5.02 Å². The van der Waals surface area contributed by atoms with Gasteiger partial charge in [0.2, 0.25) is 11.8 Å². The van der Waals surface area contributed by atoms with E-state index in [1.54, 1.807) is 0 Å². The monoisotopic (exact) mass is 270 g/mol. The SMILES string of the molecule is NC(=O)c1cc(NC(=O)CCC(=O)O)ccc1Cl. The lowest BCUT2D eigenvalue weighted by Crippen LogP contribution is -2.15. The summed E-state index contributed by atoms with van der Waals surface area (Å²) in [5, 5.41) is 11.1. The quantitative estimate of drug-likeness (QED) is 0.748. The number of carboxylic acid groups (broad SMARTS) is 1. The average molecular weight is 271 g/mol. The molecule has 6 nitrogen and oxygen atoms in total. The first kappa shape index (κ1) is 14.0. The number of hydrogen-bond acceptors (Lipinski definition) is 3. The van der Waals surface area contributed by atoms with Crippen molar-refractivity contribution in [1.29, 1.82) is 0 Å². The predicted octanol–water partition coefficient (Wildman–Crippen LogP) is 1.24. The van der Waals surface area contributed by atoms with Gasteiger partial charge in [-0.25, -0.2) is 0 Å². The molecule has 7 heteroatoms. The first-order chi connectivity index (χ1) is 8.40. The molecule has 0 aliphatic rings. The standard InChI is InChI=1S/C11H11ClN2O4/c12-8-2-1-6(5-7(8)11(13)18)14-9(15)3-4-10(16)17/h1-2,5H,3-4H2,(H2,13,18)(H,14,15)(H,16,17). The molecule has 0 saturated carbocycles. The smallest absolute Gasteiger partial charge is 0.303 e. The Labute approximate surface area is 108 Å². The Morgan fingerprint density at radius 2 is 1.94 bits per heavy atom. The highest BCUT2D eigenvalue weighted by molar-refractivity contribution is 6.33. The van der Waals surface area contributed by atoms with E-state index in [9.17, 15) is 14.4 Å². The maximum atomic E-state index is 11.4. The van der Waals surface area contributed by atoms with Crippen LogP contribution in [0.3, 0.4) is 0 Å². The van der Waals surface area contributed by atoms with Gasteiger partial charge in [0, 0.05) is 12.1 Å². The molecule has 0 aliphatic carbocycles. The zero-order valence-corrected chi connectivity index (χ0v) is 10.0. The van der Waals surface area contributed by atoms with Crippen LogP contribution in [0.1, 0.15) is 23.2 Å². The van der Waals surface area contributed by atoms with Gasteiger partial charge >= 0.3 is 5.97 Å². The van der Waals surface area contributed by atoms with E-state index in [1.807, 2.05) is 0 Å². The van der Waals surface area contributed by atoms with Crippen LogP contribution in [0.4, 0.5) is 5.69 Å². The van der Waals surface area contributed by atoms with Gasteiger partial charge in [0.1, 0.15) is 0 Å². The highest BCUT2D eigenvalue weighted by atomic mass is 35.5. The minimum absolute atomic E-state index is 0.0905.